The number of hydrogen-bond donors (Lipinski definition) is 1. The first kappa shape index (κ1) is 16.5. The predicted octanol–water partition coefficient (Wildman–Crippen LogP) is 3.31. The maximum Gasteiger partial charge on any atom is 0.353 e. The molecule has 0 radical (unpaired) electrons. The highest BCUT2D eigenvalue weighted by molar-refractivity contribution is 5.92. The van der Waals surface area contributed by atoms with Gasteiger partial charge in [-0.05, 0) is 38.8 Å². The van der Waals surface area contributed by atoms with E-state index in [2.05, 4.69) is 72.8 Å². The van der Waals surface area contributed by atoms with E-state index in [0.717, 1.165) is 26.2 Å². The van der Waals surface area contributed by atoms with Crippen molar-refractivity contribution in [2.24, 2.45) is 0 Å². The molecule has 0 fully saturated rings. The average molecular weight is 276 g/mol. The fraction of sp³-hybridized carbons (Fsp3) is 0.588. The van der Waals surface area contributed by atoms with Gasteiger partial charge in [0, 0.05) is 0 Å². The number of nitrogens with one attached hydrogen (secondary N) is 1. The van der Waals surface area contributed by atoms with Crippen LogP contribution in [-0.4, -0.2) is 36.7 Å². The third-order valence-electron chi connectivity index (χ3n) is 3.26. The summed E-state index contributed by atoms with van der Waals surface area (Å²) in [5.41, 5.74) is 1.25. The Balaban J connectivity index is 3.16. The molecule has 112 valence electrons. The first-order chi connectivity index (χ1) is 9.78. The van der Waals surface area contributed by atoms with E-state index in [1.807, 2.05) is 0 Å². The molecular weight excluding hydrogens is 246 g/mol. The SMILES string of the molecule is CCC[N+](CCC)=C(NCC)N(CC)c1ccccc1. The first-order valence-electron chi connectivity index (χ1n) is 7.96. The van der Waals surface area contributed by atoms with Crippen molar-refractivity contribution in [2.45, 2.75) is 40.5 Å². The van der Waals surface area contributed by atoms with Gasteiger partial charge in [-0.15, -0.1) is 0 Å². The molecule has 0 amide bonds. The lowest BCUT2D eigenvalue weighted by Crippen LogP contribution is -2.48. The van der Waals surface area contributed by atoms with E-state index in [1.54, 1.807) is 0 Å². The van der Waals surface area contributed by atoms with Crippen molar-refractivity contribution in [1.29, 1.82) is 0 Å². The van der Waals surface area contributed by atoms with Crippen molar-refractivity contribution in [3.63, 3.8) is 0 Å². The minimum atomic E-state index is 0.947. The molecule has 1 aromatic carbocycles. The highest BCUT2D eigenvalue weighted by Crippen LogP contribution is 2.13. The van der Waals surface area contributed by atoms with Crippen LogP contribution in [0.3, 0.4) is 0 Å². The number of anilines is 1. The van der Waals surface area contributed by atoms with E-state index in [1.165, 1.54) is 24.5 Å². The minimum absolute atomic E-state index is 0.947. The Hall–Kier alpha value is -1.51. The highest BCUT2D eigenvalue weighted by Gasteiger charge is 2.21. The molecule has 0 heterocycles. The number of hydrogen-bond acceptors (Lipinski definition) is 0. The Morgan fingerprint density at radius 3 is 2.05 bits per heavy atom. The van der Waals surface area contributed by atoms with Crippen LogP contribution < -0.4 is 10.2 Å². The molecule has 0 spiro atoms. The van der Waals surface area contributed by atoms with Crippen LogP contribution in [0, 0.1) is 0 Å². The zero-order valence-electron chi connectivity index (χ0n) is 13.5. The van der Waals surface area contributed by atoms with Gasteiger partial charge in [0.2, 0.25) is 0 Å². The van der Waals surface area contributed by atoms with E-state index in [9.17, 15) is 0 Å². The molecule has 20 heavy (non-hydrogen) atoms. The second-order valence-corrected chi connectivity index (χ2v) is 4.92. The lowest BCUT2D eigenvalue weighted by atomic mass is 10.3. The standard InChI is InChI=1S/C17H29N3/c1-5-14-19(15-6-2)17(18-7-3)20(8-4)16-12-10-9-11-13-16/h9-13H,5-8,14-15H2,1-4H3/p+1. The van der Waals surface area contributed by atoms with E-state index < -0.39 is 0 Å². The van der Waals surface area contributed by atoms with Crippen molar-refractivity contribution in [2.75, 3.05) is 31.1 Å². The van der Waals surface area contributed by atoms with Crippen LogP contribution in [0.2, 0.25) is 0 Å². The molecule has 3 heteroatoms. The van der Waals surface area contributed by atoms with Gasteiger partial charge in [-0.3, -0.25) is 9.89 Å². The molecule has 1 rings (SSSR count). The highest BCUT2D eigenvalue weighted by atomic mass is 15.3. The summed E-state index contributed by atoms with van der Waals surface area (Å²) in [6, 6.07) is 10.6. The van der Waals surface area contributed by atoms with Crippen LogP contribution in [-0.2, 0) is 0 Å². The van der Waals surface area contributed by atoms with E-state index >= 15 is 0 Å². The fourth-order valence-corrected chi connectivity index (χ4v) is 2.46. The Morgan fingerprint density at radius 2 is 1.60 bits per heavy atom. The summed E-state index contributed by atoms with van der Waals surface area (Å²) in [5, 5.41) is 3.57. The number of para-hydroxylation sites is 1. The fourth-order valence-electron chi connectivity index (χ4n) is 2.46. The maximum atomic E-state index is 3.57. The topological polar surface area (TPSA) is 18.3 Å². The molecule has 0 atom stereocenters. The Labute approximate surface area is 124 Å². The molecule has 0 aliphatic rings. The van der Waals surface area contributed by atoms with Gasteiger partial charge in [-0.25, -0.2) is 4.90 Å². The number of guanidine groups is 1. The van der Waals surface area contributed by atoms with Gasteiger partial charge in [0.1, 0.15) is 5.69 Å². The molecule has 0 saturated heterocycles. The monoisotopic (exact) mass is 276 g/mol. The number of benzene rings is 1. The van der Waals surface area contributed by atoms with Crippen LogP contribution in [0.25, 0.3) is 0 Å². The van der Waals surface area contributed by atoms with Crippen LogP contribution in [0.15, 0.2) is 30.3 Å². The van der Waals surface area contributed by atoms with Crippen LogP contribution in [0.4, 0.5) is 5.69 Å². The molecule has 1 N–H and O–H groups in total. The summed E-state index contributed by atoms with van der Waals surface area (Å²) in [6.45, 7) is 13.0. The normalized spacial score (nSPS) is 10.2. The smallest absolute Gasteiger partial charge is 0.278 e. The molecule has 0 aromatic heterocycles. The van der Waals surface area contributed by atoms with Crippen molar-refractivity contribution < 1.29 is 4.58 Å². The largest absolute Gasteiger partial charge is 0.353 e. The summed E-state index contributed by atoms with van der Waals surface area (Å²) in [5.74, 6) is 1.24. The van der Waals surface area contributed by atoms with Crippen molar-refractivity contribution in [3.05, 3.63) is 30.3 Å². The minimum Gasteiger partial charge on any atom is -0.278 e. The average Bonchev–Trinajstić information content (AvgIpc) is 2.48. The molecule has 3 nitrogen and oxygen atoms in total. The second-order valence-electron chi connectivity index (χ2n) is 4.92. The van der Waals surface area contributed by atoms with E-state index in [4.69, 9.17) is 0 Å². The Bertz CT molecular complexity index is 390. The zero-order chi connectivity index (χ0) is 14.8. The maximum absolute atomic E-state index is 3.57. The second kappa shape index (κ2) is 9.40. The third kappa shape index (κ3) is 4.55. The molecule has 0 aliphatic heterocycles. The van der Waals surface area contributed by atoms with Gasteiger partial charge in [0.05, 0.1) is 26.2 Å². The summed E-state index contributed by atoms with van der Waals surface area (Å²) >= 11 is 0. The van der Waals surface area contributed by atoms with Gasteiger partial charge in [0.15, 0.2) is 0 Å². The van der Waals surface area contributed by atoms with E-state index in [0.29, 0.717) is 0 Å². The van der Waals surface area contributed by atoms with E-state index in [-0.39, 0.29) is 0 Å². The predicted molar refractivity (Wildman–Crippen MR) is 88.7 cm³/mol. The summed E-state index contributed by atoms with van der Waals surface area (Å²) in [4.78, 5) is 2.37. The van der Waals surface area contributed by atoms with Crippen molar-refractivity contribution in [3.8, 4) is 0 Å². The quantitative estimate of drug-likeness (QED) is 0.468. The summed E-state index contributed by atoms with van der Waals surface area (Å²) < 4.78 is 2.47. The zero-order valence-corrected chi connectivity index (χ0v) is 13.5. The van der Waals surface area contributed by atoms with Gasteiger partial charge >= 0.3 is 5.96 Å². The molecule has 0 unspecified atom stereocenters. The molecule has 0 bridgehead atoms. The van der Waals surface area contributed by atoms with Crippen LogP contribution >= 0.6 is 0 Å². The molecule has 1 aromatic rings. The third-order valence-corrected chi connectivity index (χ3v) is 3.26. The van der Waals surface area contributed by atoms with Gasteiger partial charge < -0.3 is 0 Å². The first-order valence-corrected chi connectivity index (χ1v) is 7.96. The van der Waals surface area contributed by atoms with Gasteiger partial charge in [0.25, 0.3) is 0 Å². The summed E-state index contributed by atoms with van der Waals surface area (Å²) in [7, 11) is 0. The summed E-state index contributed by atoms with van der Waals surface area (Å²) in [6.07, 6.45) is 2.34. The van der Waals surface area contributed by atoms with Crippen LogP contribution in [0.1, 0.15) is 40.5 Å². The Morgan fingerprint density at radius 1 is 1.00 bits per heavy atom. The lowest BCUT2D eigenvalue weighted by molar-refractivity contribution is -0.530. The van der Waals surface area contributed by atoms with Crippen LogP contribution in [0.5, 0.6) is 0 Å². The van der Waals surface area contributed by atoms with Gasteiger partial charge in [-0.1, -0.05) is 32.0 Å². The molecular formula is C17H30N3+. The lowest BCUT2D eigenvalue weighted by Gasteiger charge is -2.22. The molecule has 0 saturated carbocycles. The number of rotatable bonds is 7. The van der Waals surface area contributed by atoms with Crippen molar-refractivity contribution >= 4 is 11.6 Å². The van der Waals surface area contributed by atoms with Gasteiger partial charge in [-0.2, -0.15) is 0 Å². The number of nitrogens with zero attached hydrogens (tertiary/aromatic N) is 2. The van der Waals surface area contributed by atoms with Crippen molar-refractivity contribution in [1.82, 2.24) is 5.32 Å². The molecule has 0 aliphatic carbocycles. The Kier molecular flexibility index (Phi) is 7.78.